The maximum atomic E-state index is 12.4. The van der Waals surface area contributed by atoms with Crippen molar-refractivity contribution in [3.63, 3.8) is 0 Å². The molecule has 3 rings (SSSR count). The molecule has 1 unspecified atom stereocenters. The fourth-order valence-corrected chi connectivity index (χ4v) is 2.98. The third-order valence-corrected chi connectivity index (χ3v) is 4.33. The van der Waals surface area contributed by atoms with Gasteiger partial charge >= 0.3 is 0 Å². The van der Waals surface area contributed by atoms with Gasteiger partial charge in [0.25, 0.3) is 5.91 Å². The summed E-state index contributed by atoms with van der Waals surface area (Å²) in [7, 11) is 0. The lowest BCUT2D eigenvalue weighted by Crippen LogP contribution is -2.29. The average Bonchev–Trinajstić information content (AvgIpc) is 3.02. The fraction of sp³-hybridized carbons (Fsp3) is 0.444. The van der Waals surface area contributed by atoms with Crippen LogP contribution in [-0.2, 0) is 0 Å². The number of carbonyl (C=O) groups excluding carboxylic acids is 1. The van der Waals surface area contributed by atoms with E-state index in [1.165, 1.54) is 24.9 Å². The second-order valence-electron chi connectivity index (χ2n) is 6.24. The van der Waals surface area contributed by atoms with Crippen LogP contribution in [-0.4, -0.2) is 29.0 Å². The van der Waals surface area contributed by atoms with Crippen LogP contribution in [0.5, 0.6) is 0 Å². The monoisotopic (exact) mass is 312 g/mol. The number of piperidine rings is 1. The number of H-pyrrole nitrogens is 1. The molecule has 5 heteroatoms. The predicted molar refractivity (Wildman–Crippen MR) is 91.7 cm³/mol. The van der Waals surface area contributed by atoms with Crippen LogP contribution >= 0.6 is 0 Å². The van der Waals surface area contributed by atoms with E-state index in [2.05, 4.69) is 20.2 Å². The lowest BCUT2D eigenvalue weighted by molar-refractivity contribution is 0.0938. The van der Waals surface area contributed by atoms with Crippen LogP contribution in [0, 0.1) is 6.92 Å². The molecule has 1 aliphatic rings. The Labute approximate surface area is 137 Å². The summed E-state index contributed by atoms with van der Waals surface area (Å²) in [4.78, 5) is 22.2. The molecule has 0 bridgehead atoms. The minimum atomic E-state index is -0.141. The number of aryl methyl sites for hydroxylation is 1. The van der Waals surface area contributed by atoms with Gasteiger partial charge in [-0.1, -0.05) is 0 Å². The van der Waals surface area contributed by atoms with Gasteiger partial charge < -0.3 is 15.2 Å². The number of aromatic nitrogens is 2. The Morgan fingerprint density at radius 2 is 1.91 bits per heavy atom. The van der Waals surface area contributed by atoms with Crippen molar-refractivity contribution in [2.75, 3.05) is 18.0 Å². The highest BCUT2D eigenvalue weighted by molar-refractivity contribution is 5.94. The minimum Gasteiger partial charge on any atom is -0.372 e. The summed E-state index contributed by atoms with van der Waals surface area (Å²) in [5.41, 5.74) is 2.88. The molecule has 1 aromatic heterocycles. The second-order valence-corrected chi connectivity index (χ2v) is 6.24. The van der Waals surface area contributed by atoms with E-state index in [-0.39, 0.29) is 11.9 Å². The highest BCUT2D eigenvalue weighted by Gasteiger charge is 2.15. The summed E-state index contributed by atoms with van der Waals surface area (Å²) >= 11 is 0. The summed E-state index contributed by atoms with van der Waals surface area (Å²) < 4.78 is 0. The number of rotatable bonds is 4. The van der Waals surface area contributed by atoms with Gasteiger partial charge in [-0.25, -0.2) is 4.98 Å². The summed E-state index contributed by atoms with van der Waals surface area (Å²) in [6.45, 7) is 6.10. The Balaban J connectivity index is 1.63. The number of nitrogens with zero attached hydrogens (tertiary/aromatic N) is 2. The van der Waals surface area contributed by atoms with Crippen LogP contribution in [0.25, 0.3) is 0 Å². The first kappa shape index (κ1) is 15.6. The number of amides is 1. The molecule has 122 valence electrons. The van der Waals surface area contributed by atoms with Gasteiger partial charge in [0, 0.05) is 36.2 Å². The molecule has 1 atom stereocenters. The van der Waals surface area contributed by atoms with Gasteiger partial charge in [-0.05, 0) is 57.4 Å². The van der Waals surface area contributed by atoms with Crippen LogP contribution in [0.4, 0.5) is 5.69 Å². The van der Waals surface area contributed by atoms with E-state index in [9.17, 15) is 4.79 Å². The van der Waals surface area contributed by atoms with Gasteiger partial charge in [0.2, 0.25) is 0 Å². The molecule has 2 heterocycles. The molecule has 5 nitrogen and oxygen atoms in total. The van der Waals surface area contributed by atoms with Gasteiger partial charge in [0.1, 0.15) is 5.82 Å². The summed E-state index contributed by atoms with van der Waals surface area (Å²) in [6.07, 6.45) is 5.59. The van der Waals surface area contributed by atoms with Crippen molar-refractivity contribution in [2.24, 2.45) is 0 Å². The average molecular weight is 312 g/mol. The molecular weight excluding hydrogens is 288 g/mol. The van der Waals surface area contributed by atoms with Crippen LogP contribution in [0.2, 0.25) is 0 Å². The lowest BCUT2D eigenvalue weighted by atomic mass is 10.1. The third kappa shape index (κ3) is 3.73. The van der Waals surface area contributed by atoms with Crippen LogP contribution in [0.15, 0.2) is 30.5 Å². The maximum absolute atomic E-state index is 12.4. The summed E-state index contributed by atoms with van der Waals surface area (Å²) in [5.74, 6) is 0.706. The normalized spacial score (nSPS) is 16.2. The fourth-order valence-electron chi connectivity index (χ4n) is 2.98. The summed E-state index contributed by atoms with van der Waals surface area (Å²) in [5, 5.41) is 2.98. The number of carbonyl (C=O) groups is 1. The third-order valence-electron chi connectivity index (χ3n) is 4.33. The van der Waals surface area contributed by atoms with E-state index in [1.807, 2.05) is 38.1 Å². The maximum Gasteiger partial charge on any atom is 0.251 e. The van der Waals surface area contributed by atoms with E-state index in [4.69, 9.17) is 0 Å². The number of benzene rings is 1. The first-order valence-electron chi connectivity index (χ1n) is 8.31. The van der Waals surface area contributed by atoms with Gasteiger partial charge in [-0.2, -0.15) is 0 Å². The number of anilines is 1. The predicted octanol–water partition coefficient (Wildman–Crippen LogP) is 3.20. The van der Waals surface area contributed by atoms with E-state index in [1.54, 1.807) is 6.20 Å². The second kappa shape index (κ2) is 6.86. The number of imidazole rings is 1. The molecule has 1 saturated heterocycles. The molecule has 1 amide bonds. The van der Waals surface area contributed by atoms with Crippen LogP contribution in [0.3, 0.4) is 0 Å². The highest BCUT2D eigenvalue weighted by atomic mass is 16.1. The van der Waals surface area contributed by atoms with Crippen molar-refractivity contribution in [3.8, 4) is 0 Å². The zero-order chi connectivity index (χ0) is 16.2. The van der Waals surface area contributed by atoms with E-state index in [0.29, 0.717) is 5.56 Å². The SMILES string of the molecule is Cc1cnc(C(C)NC(=O)c2ccc(N3CCCCC3)cc2)[nH]1. The number of hydrogen-bond donors (Lipinski definition) is 2. The van der Waals surface area contributed by atoms with Crippen molar-refractivity contribution in [2.45, 2.75) is 39.2 Å². The van der Waals surface area contributed by atoms with E-state index in [0.717, 1.165) is 24.6 Å². The number of aromatic amines is 1. The highest BCUT2D eigenvalue weighted by Crippen LogP contribution is 2.20. The molecule has 23 heavy (non-hydrogen) atoms. The first-order chi connectivity index (χ1) is 11.1. The van der Waals surface area contributed by atoms with Crippen LogP contribution < -0.4 is 10.2 Å². The molecule has 2 aromatic rings. The van der Waals surface area contributed by atoms with Gasteiger partial charge in [-0.3, -0.25) is 4.79 Å². The minimum absolute atomic E-state index is 0.0725. The standard InChI is InChI=1S/C18H24N4O/c1-13-12-19-17(20-13)14(2)21-18(23)15-6-8-16(9-7-15)22-10-4-3-5-11-22/h6-9,12,14H,3-5,10-11H2,1-2H3,(H,19,20)(H,21,23). The Kier molecular flexibility index (Phi) is 4.65. The van der Waals surface area contributed by atoms with Crippen LogP contribution in [0.1, 0.15) is 54.1 Å². The Morgan fingerprint density at radius 3 is 2.52 bits per heavy atom. The molecule has 0 radical (unpaired) electrons. The number of nitrogens with one attached hydrogen (secondary N) is 2. The van der Waals surface area contributed by atoms with E-state index >= 15 is 0 Å². The van der Waals surface area contributed by atoms with Gasteiger partial charge in [-0.15, -0.1) is 0 Å². The Morgan fingerprint density at radius 1 is 1.22 bits per heavy atom. The molecule has 0 spiro atoms. The Bertz CT molecular complexity index is 656. The van der Waals surface area contributed by atoms with Crippen molar-refractivity contribution < 1.29 is 4.79 Å². The zero-order valence-electron chi connectivity index (χ0n) is 13.8. The number of hydrogen-bond acceptors (Lipinski definition) is 3. The molecule has 1 aromatic carbocycles. The van der Waals surface area contributed by atoms with Crippen molar-refractivity contribution in [1.29, 1.82) is 0 Å². The smallest absolute Gasteiger partial charge is 0.251 e. The topological polar surface area (TPSA) is 61.0 Å². The largest absolute Gasteiger partial charge is 0.372 e. The van der Waals surface area contributed by atoms with E-state index < -0.39 is 0 Å². The molecule has 0 saturated carbocycles. The van der Waals surface area contributed by atoms with Gasteiger partial charge in [0.05, 0.1) is 6.04 Å². The molecular formula is C18H24N4O. The van der Waals surface area contributed by atoms with Crippen molar-refractivity contribution in [3.05, 3.63) is 47.5 Å². The van der Waals surface area contributed by atoms with Crippen molar-refractivity contribution >= 4 is 11.6 Å². The molecule has 1 fully saturated rings. The first-order valence-corrected chi connectivity index (χ1v) is 8.31. The molecule has 2 N–H and O–H groups in total. The quantitative estimate of drug-likeness (QED) is 0.911. The zero-order valence-corrected chi connectivity index (χ0v) is 13.8. The lowest BCUT2D eigenvalue weighted by Gasteiger charge is -2.28. The van der Waals surface area contributed by atoms with Gasteiger partial charge in [0.15, 0.2) is 0 Å². The Hall–Kier alpha value is -2.30. The summed E-state index contributed by atoms with van der Waals surface area (Å²) in [6, 6.07) is 7.75. The van der Waals surface area contributed by atoms with Crippen molar-refractivity contribution in [1.82, 2.24) is 15.3 Å². The molecule has 1 aliphatic heterocycles. The molecule has 0 aliphatic carbocycles.